The van der Waals surface area contributed by atoms with Crippen LogP contribution in [-0.2, 0) is 0 Å². The minimum absolute atomic E-state index is 0.775. The Labute approximate surface area is 74.4 Å². The van der Waals surface area contributed by atoms with Crippen molar-refractivity contribution in [2.24, 2.45) is 5.92 Å². The van der Waals surface area contributed by atoms with Gasteiger partial charge in [0.15, 0.2) is 0 Å². The quantitative estimate of drug-likeness (QED) is 0.627. The molecule has 0 spiro atoms. The molecule has 2 N–H and O–H groups in total. The second kappa shape index (κ2) is 4.68. The first-order valence-electron chi connectivity index (χ1n) is 4.79. The van der Waals surface area contributed by atoms with E-state index < -0.39 is 7.12 Å². The first kappa shape index (κ1) is 9.81. The lowest BCUT2D eigenvalue weighted by molar-refractivity contribution is 0.396. The van der Waals surface area contributed by atoms with E-state index in [2.05, 4.69) is 6.92 Å². The van der Waals surface area contributed by atoms with Crippen molar-refractivity contribution in [1.29, 1.82) is 0 Å². The fourth-order valence-corrected chi connectivity index (χ4v) is 1.81. The highest BCUT2D eigenvalue weighted by Gasteiger charge is 2.20. The molecule has 0 aromatic heterocycles. The minimum Gasteiger partial charge on any atom is -0.423 e. The number of allylic oxidation sites excluding steroid dienone is 2. The summed E-state index contributed by atoms with van der Waals surface area (Å²) in [7, 11) is -1.22. The van der Waals surface area contributed by atoms with Crippen molar-refractivity contribution in [1.82, 2.24) is 0 Å². The van der Waals surface area contributed by atoms with Crippen LogP contribution in [0.4, 0.5) is 0 Å². The Morgan fingerprint density at radius 1 is 1.58 bits per heavy atom. The predicted molar refractivity (Wildman–Crippen MR) is 50.5 cm³/mol. The van der Waals surface area contributed by atoms with Crippen molar-refractivity contribution >= 4 is 7.12 Å². The number of rotatable bonds is 3. The molecule has 1 rings (SSSR count). The topological polar surface area (TPSA) is 40.5 Å². The molecule has 1 aliphatic rings. The van der Waals surface area contributed by atoms with Gasteiger partial charge in [0, 0.05) is 0 Å². The lowest BCUT2D eigenvalue weighted by Gasteiger charge is -2.20. The van der Waals surface area contributed by atoms with Gasteiger partial charge in [-0.15, -0.1) is 0 Å². The van der Waals surface area contributed by atoms with Crippen LogP contribution in [0.2, 0.25) is 0 Å². The summed E-state index contributed by atoms with van der Waals surface area (Å²) in [5.74, 6) is 0.775. The highest BCUT2D eigenvalue weighted by atomic mass is 16.4. The summed E-state index contributed by atoms with van der Waals surface area (Å²) in [5.41, 5.74) is 0.808. The van der Waals surface area contributed by atoms with Gasteiger partial charge in [0.05, 0.1) is 0 Å². The molecule has 0 fully saturated rings. The lowest BCUT2D eigenvalue weighted by atomic mass is 9.71. The highest BCUT2D eigenvalue weighted by Crippen LogP contribution is 2.27. The van der Waals surface area contributed by atoms with Gasteiger partial charge in [0.25, 0.3) is 0 Å². The van der Waals surface area contributed by atoms with Crippen LogP contribution in [-0.4, -0.2) is 17.2 Å². The molecule has 0 aliphatic heterocycles. The second-order valence-corrected chi connectivity index (χ2v) is 3.58. The average molecular weight is 168 g/mol. The average Bonchev–Trinajstić information content (AvgIpc) is 2.06. The van der Waals surface area contributed by atoms with E-state index in [4.69, 9.17) is 10.0 Å². The van der Waals surface area contributed by atoms with Gasteiger partial charge in [-0.3, -0.25) is 0 Å². The number of hydrogen-bond acceptors (Lipinski definition) is 2. The zero-order valence-electron chi connectivity index (χ0n) is 7.66. The smallest absolute Gasteiger partial charge is 0.423 e. The Bertz CT molecular complexity index is 166. The Balaban J connectivity index is 2.37. The molecule has 0 saturated carbocycles. The molecule has 68 valence electrons. The second-order valence-electron chi connectivity index (χ2n) is 3.58. The maximum atomic E-state index is 8.88. The van der Waals surface area contributed by atoms with Crippen molar-refractivity contribution in [2.75, 3.05) is 0 Å². The van der Waals surface area contributed by atoms with E-state index >= 15 is 0 Å². The van der Waals surface area contributed by atoms with Crippen molar-refractivity contribution < 1.29 is 10.0 Å². The third kappa shape index (κ3) is 2.65. The van der Waals surface area contributed by atoms with Gasteiger partial charge < -0.3 is 10.0 Å². The highest BCUT2D eigenvalue weighted by molar-refractivity contribution is 6.50. The van der Waals surface area contributed by atoms with Gasteiger partial charge in [-0.25, -0.2) is 0 Å². The van der Waals surface area contributed by atoms with E-state index in [1.54, 1.807) is 0 Å². The zero-order chi connectivity index (χ0) is 8.97. The zero-order valence-corrected chi connectivity index (χ0v) is 7.66. The molecule has 0 aromatic carbocycles. The van der Waals surface area contributed by atoms with E-state index in [0.29, 0.717) is 0 Å². The van der Waals surface area contributed by atoms with E-state index in [1.165, 1.54) is 12.8 Å². The van der Waals surface area contributed by atoms with Crippen LogP contribution in [0.25, 0.3) is 0 Å². The number of hydrogen-bond donors (Lipinski definition) is 2. The largest absolute Gasteiger partial charge is 0.483 e. The van der Waals surface area contributed by atoms with E-state index in [9.17, 15) is 0 Å². The summed E-state index contributed by atoms with van der Waals surface area (Å²) in [6.45, 7) is 2.19. The first-order chi connectivity index (χ1) is 5.74. The molecular weight excluding hydrogens is 151 g/mol. The molecule has 2 nitrogen and oxygen atoms in total. The maximum Gasteiger partial charge on any atom is 0.483 e. The summed E-state index contributed by atoms with van der Waals surface area (Å²) in [4.78, 5) is 0. The lowest BCUT2D eigenvalue weighted by Crippen LogP contribution is -2.19. The third-order valence-electron chi connectivity index (χ3n) is 2.58. The minimum atomic E-state index is -1.22. The standard InChI is InChI=1S/C9H17BO2/c1-2-3-8-4-6-9(7-5-8)10(11)12/h6,8,11-12H,2-5,7H2,1H3/t8-/m1/s1. The van der Waals surface area contributed by atoms with E-state index in [-0.39, 0.29) is 0 Å². The summed E-state index contributed by atoms with van der Waals surface area (Å²) < 4.78 is 0. The molecule has 12 heavy (non-hydrogen) atoms. The monoisotopic (exact) mass is 168 g/mol. The predicted octanol–water partition coefficient (Wildman–Crippen LogP) is 1.52. The Morgan fingerprint density at radius 3 is 2.75 bits per heavy atom. The summed E-state index contributed by atoms with van der Waals surface area (Å²) >= 11 is 0. The molecule has 0 saturated heterocycles. The molecule has 1 aliphatic carbocycles. The van der Waals surface area contributed by atoms with Crippen LogP contribution in [0, 0.1) is 5.92 Å². The molecule has 1 atom stereocenters. The maximum absolute atomic E-state index is 8.88. The van der Waals surface area contributed by atoms with Crippen molar-refractivity contribution in [3.8, 4) is 0 Å². The van der Waals surface area contributed by atoms with Gasteiger partial charge >= 0.3 is 7.12 Å². The van der Waals surface area contributed by atoms with Gasteiger partial charge in [0.1, 0.15) is 0 Å². The summed E-state index contributed by atoms with van der Waals surface area (Å²) in [5, 5.41) is 17.8. The van der Waals surface area contributed by atoms with E-state index in [1.807, 2.05) is 6.08 Å². The molecular formula is C9H17BO2. The first-order valence-corrected chi connectivity index (χ1v) is 4.79. The SMILES string of the molecule is CCC[C@@H]1CC=C(B(O)O)CC1. The molecule has 0 aromatic rings. The normalized spacial score (nSPS) is 23.6. The van der Waals surface area contributed by atoms with Crippen LogP contribution >= 0.6 is 0 Å². The van der Waals surface area contributed by atoms with E-state index in [0.717, 1.165) is 30.7 Å². The Kier molecular flexibility index (Phi) is 3.82. The molecule has 0 bridgehead atoms. The Hall–Kier alpha value is -0.275. The molecule has 3 heteroatoms. The van der Waals surface area contributed by atoms with Gasteiger partial charge in [-0.1, -0.05) is 25.8 Å². The Morgan fingerprint density at radius 2 is 2.33 bits per heavy atom. The van der Waals surface area contributed by atoms with Crippen molar-refractivity contribution in [2.45, 2.75) is 39.0 Å². The molecule has 0 heterocycles. The van der Waals surface area contributed by atoms with Crippen LogP contribution < -0.4 is 0 Å². The van der Waals surface area contributed by atoms with Crippen molar-refractivity contribution in [3.63, 3.8) is 0 Å². The van der Waals surface area contributed by atoms with Crippen LogP contribution in [0.1, 0.15) is 39.0 Å². The summed E-state index contributed by atoms with van der Waals surface area (Å²) in [6, 6.07) is 0. The molecule has 0 radical (unpaired) electrons. The van der Waals surface area contributed by atoms with Crippen molar-refractivity contribution in [3.05, 3.63) is 11.5 Å². The van der Waals surface area contributed by atoms with Crippen LogP contribution in [0.15, 0.2) is 11.5 Å². The fraction of sp³-hybridized carbons (Fsp3) is 0.778. The summed E-state index contributed by atoms with van der Waals surface area (Å²) in [6.07, 6.45) is 7.51. The third-order valence-corrected chi connectivity index (χ3v) is 2.58. The van der Waals surface area contributed by atoms with Crippen LogP contribution in [0.5, 0.6) is 0 Å². The van der Waals surface area contributed by atoms with Gasteiger partial charge in [-0.05, 0) is 30.7 Å². The molecule has 0 unspecified atom stereocenters. The van der Waals surface area contributed by atoms with Crippen LogP contribution in [0.3, 0.4) is 0 Å². The molecule has 0 amide bonds. The van der Waals surface area contributed by atoms with Gasteiger partial charge in [0.2, 0.25) is 0 Å². The fourth-order valence-electron chi connectivity index (χ4n) is 1.81. The van der Waals surface area contributed by atoms with Gasteiger partial charge in [-0.2, -0.15) is 0 Å².